The monoisotopic (exact) mass is 400 g/mol. The average molecular weight is 400 g/mol. The zero-order chi connectivity index (χ0) is 21.4. The number of ether oxygens (including phenoxy) is 3. The lowest BCUT2D eigenvalue weighted by atomic mass is 10.1. The maximum Gasteiger partial charge on any atom is 0.331 e. The molecular weight excluding hydrogens is 380 g/mol. The summed E-state index contributed by atoms with van der Waals surface area (Å²) in [7, 11) is 3.01. The SMILES string of the molecule is COc1ccc(OC)c(/C=C/C(=O)O[C@@H](C)C(=O)Nc2ccccc2[N+](=O)[O-])c1. The number of nitro benzene ring substituents is 1. The van der Waals surface area contributed by atoms with Crippen LogP contribution in [0.5, 0.6) is 11.5 Å². The van der Waals surface area contributed by atoms with Gasteiger partial charge in [-0.1, -0.05) is 12.1 Å². The van der Waals surface area contributed by atoms with Crippen molar-refractivity contribution in [2.24, 2.45) is 0 Å². The number of hydrogen-bond acceptors (Lipinski definition) is 7. The van der Waals surface area contributed by atoms with Crippen molar-refractivity contribution in [2.75, 3.05) is 19.5 Å². The standard InChI is InChI=1S/C20H20N2O7/c1-13(20(24)21-16-6-4-5-7-17(16)22(25)26)29-19(23)11-8-14-12-15(27-2)9-10-18(14)28-3/h4-13H,1-3H3,(H,21,24)/b11-8+/t13-/m0/s1. The molecule has 0 aliphatic carbocycles. The summed E-state index contributed by atoms with van der Waals surface area (Å²) in [6.45, 7) is 1.36. The van der Waals surface area contributed by atoms with Gasteiger partial charge in [-0.25, -0.2) is 4.79 Å². The Morgan fingerprint density at radius 3 is 2.52 bits per heavy atom. The molecule has 9 heteroatoms. The molecule has 0 saturated carbocycles. The molecule has 0 fully saturated rings. The number of para-hydroxylation sites is 2. The van der Waals surface area contributed by atoms with Crippen LogP contribution in [0.1, 0.15) is 12.5 Å². The fourth-order valence-electron chi connectivity index (χ4n) is 2.37. The highest BCUT2D eigenvalue weighted by molar-refractivity contribution is 5.98. The van der Waals surface area contributed by atoms with E-state index in [9.17, 15) is 19.7 Å². The summed E-state index contributed by atoms with van der Waals surface area (Å²) < 4.78 is 15.4. The van der Waals surface area contributed by atoms with E-state index in [1.54, 1.807) is 24.3 Å². The Balaban J connectivity index is 2.03. The number of anilines is 1. The van der Waals surface area contributed by atoms with E-state index >= 15 is 0 Å². The fraction of sp³-hybridized carbons (Fsp3) is 0.200. The Bertz CT molecular complexity index is 940. The Morgan fingerprint density at radius 1 is 1.14 bits per heavy atom. The van der Waals surface area contributed by atoms with Gasteiger partial charge in [-0.05, 0) is 37.3 Å². The van der Waals surface area contributed by atoms with Crippen molar-refractivity contribution in [1.29, 1.82) is 0 Å². The number of amides is 1. The average Bonchev–Trinajstić information content (AvgIpc) is 2.72. The number of benzene rings is 2. The minimum Gasteiger partial charge on any atom is -0.497 e. The van der Waals surface area contributed by atoms with E-state index in [0.717, 1.165) is 6.08 Å². The molecule has 0 spiro atoms. The van der Waals surface area contributed by atoms with Crippen LogP contribution in [-0.2, 0) is 14.3 Å². The first kappa shape index (κ1) is 21.4. The van der Waals surface area contributed by atoms with E-state index in [1.165, 1.54) is 45.4 Å². The minimum atomic E-state index is -1.17. The van der Waals surface area contributed by atoms with Crippen molar-refractivity contribution >= 4 is 29.3 Å². The second-order valence-corrected chi connectivity index (χ2v) is 5.78. The molecule has 0 aromatic heterocycles. The lowest BCUT2D eigenvalue weighted by Crippen LogP contribution is -2.29. The van der Waals surface area contributed by atoms with Gasteiger partial charge in [0.25, 0.3) is 11.6 Å². The second-order valence-electron chi connectivity index (χ2n) is 5.78. The predicted molar refractivity (Wildman–Crippen MR) is 106 cm³/mol. The first-order chi connectivity index (χ1) is 13.8. The van der Waals surface area contributed by atoms with E-state index in [-0.39, 0.29) is 11.4 Å². The van der Waals surface area contributed by atoms with Gasteiger partial charge in [0.15, 0.2) is 6.10 Å². The van der Waals surface area contributed by atoms with E-state index in [4.69, 9.17) is 14.2 Å². The highest BCUT2D eigenvalue weighted by Crippen LogP contribution is 2.25. The Kier molecular flexibility index (Phi) is 7.30. The van der Waals surface area contributed by atoms with Crippen LogP contribution in [0.25, 0.3) is 6.08 Å². The van der Waals surface area contributed by atoms with Crippen LogP contribution in [0.15, 0.2) is 48.5 Å². The highest BCUT2D eigenvalue weighted by Gasteiger charge is 2.21. The largest absolute Gasteiger partial charge is 0.497 e. The second kappa shape index (κ2) is 9.88. The number of nitro groups is 1. The van der Waals surface area contributed by atoms with Crippen LogP contribution >= 0.6 is 0 Å². The molecule has 152 valence electrons. The molecule has 29 heavy (non-hydrogen) atoms. The zero-order valence-electron chi connectivity index (χ0n) is 16.1. The third-order valence-corrected chi connectivity index (χ3v) is 3.86. The summed E-state index contributed by atoms with van der Waals surface area (Å²) in [6, 6.07) is 10.7. The highest BCUT2D eigenvalue weighted by atomic mass is 16.6. The summed E-state index contributed by atoms with van der Waals surface area (Å²) in [5.41, 5.74) is 0.340. The summed E-state index contributed by atoms with van der Waals surface area (Å²) in [6.07, 6.45) is 1.45. The molecule has 0 aliphatic rings. The van der Waals surface area contributed by atoms with Gasteiger partial charge in [-0.3, -0.25) is 14.9 Å². The molecule has 0 radical (unpaired) electrons. The number of esters is 1. The summed E-state index contributed by atoms with van der Waals surface area (Å²) in [5.74, 6) is -0.354. The van der Waals surface area contributed by atoms with E-state index in [0.29, 0.717) is 17.1 Å². The quantitative estimate of drug-likeness (QED) is 0.313. The summed E-state index contributed by atoms with van der Waals surface area (Å²) >= 11 is 0. The van der Waals surface area contributed by atoms with Gasteiger partial charge in [-0.2, -0.15) is 0 Å². The number of carbonyl (C=O) groups excluding carboxylic acids is 2. The first-order valence-electron chi connectivity index (χ1n) is 8.50. The van der Waals surface area contributed by atoms with E-state index in [2.05, 4.69) is 5.32 Å². The maximum absolute atomic E-state index is 12.2. The van der Waals surface area contributed by atoms with Gasteiger partial charge >= 0.3 is 5.97 Å². The Hall–Kier alpha value is -3.88. The molecule has 1 N–H and O–H groups in total. The lowest BCUT2D eigenvalue weighted by Gasteiger charge is -2.12. The van der Waals surface area contributed by atoms with E-state index < -0.39 is 22.9 Å². The van der Waals surface area contributed by atoms with Gasteiger partial charge in [-0.15, -0.1) is 0 Å². The van der Waals surface area contributed by atoms with Crippen molar-refractivity contribution in [3.05, 3.63) is 64.2 Å². The van der Waals surface area contributed by atoms with Gasteiger partial charge in [0.1, 0.15) is 17.2 Å². The Labute approximate surface area is 167 Å². The van der Waals surface area contributed by atoms with E-state index in [1.807, 2.05) is 0 Å². The number of nitrogens with one attached hydrogen (secondary N) is 1. The van der Waals surface area contributed by atoms with Crippen molar-refractivity contribution in [3.8, 4) is 11.5 Å². The molecule has 0 heterocycles. The topological polar surface area (TPSA) is 117 Å². The van der Waals surface area contributed by atoms with Gasteiger partial charge in [0, 0.05) is 17.7 Å². The zero-order valence-corrected chi connectivity index (χ0v) is 16.1. The molecule has 1 amide bonds. The van der Waals surface area contributed by atoms with Crippen molar-refractivity contribution in [3.63, 3.8) is 0 Å². The first-order valence-corrected chi connectivity index (χ1v) is 8.50. The molecule has 0 aliphatic heterocycles. The van der Waals surface area contributed by atoms with Gasteiger partial charge < -0.3 is 19.5 Å². The molecule has 0 saturated heterocycles. The van der Waals surface area contributed by atoms with Crippen LogP contribution in [0.2, 0.25) is 0 Å². The van der Waals surface area contributed by atoms with Crippen molar-refractivity contribution in [1.82, 2.24) is 0 Å². The molecule has 0 unspecified atom stereocenters. The normalized spacial score (nSPS) is 11.6. The summed E-state index contributed by atoms with van der Waals surface area (Å²) in [4.78, 5) is 34.6. The third kappa shape index (κ3) is 5.80. The molecule has 9 nitrogen and oxygen atoms in total. The maximum atomic E-state index is 12.2. The number of carbonyl (C=O) groups is 2. The number of nitrogens with zero attached hydrogens (tertiary/aromatic N) is 1. The third-order valence-electron chi connectivity index (χ3n) is 3.86. The van der Waals surface area contributed by atoms with Gasteiger partial charge in [0.2, 0.25) is 0 Å². The van der Waals surface area contributed by atoms with Crippen LogP contribution in [0.4, 0.5) is 11.4 Å². The van der Waals surface area contributed by atoms with Crippen LogP contribution in [-0.4, -0.2) is 37.1 Å². The lowest BCUT2D eigenvalue weighted by molar-refractivity contribution is -0.383. The van der Waals surface area contributed by atoms with Crippen molar-refractivity contribution in [2.45, 2.75) is 13.0 Å². The fourth-order valence-corrected chi connectivity index (χ4v) is 2.37. The molecule has 2 rings (SSSR count). The molecule has 2 aromatic carbocycles. The summed E-state index contributed by atoms with van der Waals surface area (Å²) in [5, 5.41) is 13.4. The van der Waals surface area contributed by atoms with Crippen LogP contribution in [0.3, 0.4) is 0 Å². The molecular formula is C20H20N2O7. The Morgan fingerprint density at radius 2 is 1.86 bits per heavy atom. The minimum absolute atomic E-state index is 0.0158. The molecule has 0 bridgehead atoms. The number of rotatable bonds is 8. The molecule has 1 atom stereocenters. The number of hydrogen-bond donors (Lipinski definition) is 1. The molecule has 2 aromatic rings. The smallest absolute Gasteiger partial charge is 0.331 e. The van der Waals surface area contributed by atoms with Crippen LogP contribution < -0.4 is 14.8 Å². The van der Waals surface area contributed by atoms with Crippen molar-refractivity contribution < 1.29 is 28.7 Å². The number of methoxy groups -OCH3 is 2. The predicted octanol–water partition coefficient (Wildman–Crippen LogP) is 3.20. The van der Waals surface area contributed by atoms with Crippen LogP contribution in [0, 0.1) is 10.1 Å². The van der Waals surface area contributed by atoms with Gasteiger partial charge in [0.05, 0.1) is 19.1 Å².